The average Bonchev–Trinajstić information content (AvgIpc) is 2.01. The zero-order chi connectivity index (χ0) is 10.8. The van der Waals surface area contributed by atoms with Crippen molar-refractivity contribution >= 4 is 17.3 Å². The fraction of sp³-hybridized carbons (Fsp3) is 0.875. The summed E-state index contributed by atoms with van der Waals surface area (Å²) in [6.45, 7) is 0. The Labute approximate surface area is 86.0 Å². The Balaban J connectivity index is 2.48. The lowest BCUT2D eigenvalue weighted by atomic mass is 9.85. The number of nitrogens with one attached hydrogen (secondary N) is 1. The zero-order valence-electron chi connectivity index (χ0n) is 7.60. The van der Waals surface area contributed by atoms with E-state index in [2.05, 4.69) is 17.5 Å². The van der Waals surface area contributed by atoms with Gasteiger partial charge in [-0.15, -0.1) is 0 Å². The van der Waals surface area contributed by atoms with Crippen molar-refractivity contribution in [2.24, 2.45) is 11.7 Å². The first-order valence-electron chi connectivity index (χ1n) is 4.52. The molecule has 0 amide bonds. The molecule has 0 aromatic carbocycles. The lowest BCUT2D eigenvalue weighted by molar-refractivity contribution is -0.183. The van der Waals surface area contributed by atoms with Crippen molar-refractivity contribution in [3.63, 3.8) is 0 Å². The molecular formula is C8H13F3N2S. The highest BCUT2D eigenvalue weighted by Crippen LogP contribution is 2.37. The third kappa shape index (κ3) is 3.32. The largest absolute Gasteiger partial charge is 0.391 e. The van der Waals surface area contributed by atoms with Crippen LogP contribution in [-0.4, -0.2) is 17.3 Å². The first-order valence-corrected chi connectivity index (χ1v) is 4.93. The van der Waals surface area contributed by atoms with Crippen molar-refractivity contribution in [2.75, 3.05) is 0 Å². The summed E-state index contributed by atoms with van der Waals surface area (Å²) in [5.41, 5.74) is 5.22. The summed E-state index contributed by atoms with van der Waals surface area (Å²) in [6, 6.07) is -0.215. The third-order valence-corrected chi connectivity index (χ3v) is 2.60. The standard InChI is InChI=1S/C8H13F3N2S/c9-8(10,11)5-2-1-3-6(4-5)13-7(12)14/h5-6H,1-4H2,(H3,12,13,14). The predicted octanol–water partition coefficient (Wildman–Crippen LogP) is 1.94. The molecule has 3 N–H and O–H groups in total. The van der Waals surface area contributed by atoms with Gasteiger partial charge in [-0.25, -0.2) is 0 Å². The Bertz CT molecular complexity index is 217. The second-order valence-corrected chi connectivity index (χ2v) is 4.05. The van der Waals surface area contributed by atoms with Crippen molar-refractivity contribution in [2.45, 2.75) is 37.9 Å². The number of alkyl halides is 3. The van der Waals surface area contributed by atoms with Crippen LogP contribution >= 0.6 is 12.2 Å². The molecule has 1 rings (SSSR count). The molecule has 6 heteroatoms. The molecule has 2 unspecified atom stereocenters. The SMILES string of the molecule is NC(=S)NC1CCCC(C(F)(F)F)C1. The monoisotopic (exact) mass is 226 g/mol. The van der Waals surface area contributed by atoms with Crippen molar-refractivity contribution in [1.29, 1.82) is 0 Å². The zero-order valence-corrected chi connectivity index (χ0v) is 8.42. The summed E-state index contributed by atoms with van der Waals surface area (Å²) in [5.74, 6) is -1.21. The molecule has 1 fully saturated rings. The van der Waals surface area contributed by atoms with Crippen LogP contribution in [-0.2, 0) is 0 Å². The van der Waals surface area contributed by atoms with Crippen LogP contribution in [0.3, 0.4) is 0 Å². The van der Waals surface area contributed by atoms with Gasteiger partial charge in [0.15, 0.2) is 5.11 Å². The van der Waals surface area contributed by atoms with Gasteiger partial charge in [-0.3, -0.25) is 0 Å². The Morgan fingerprint density at radius 1 is 1.36 bits per heavy atom. The van der Waals surface area contributed by atoms with Crippen LogP contribution in [0.4, 0.5) is 13.2 Å². The van der Waals surface area contributed by atoms with Gasteiger partial charge in [0.25, 0.3) is 0 Å². The number of halogens is 3. The van der Waals surface area contributed by atoms with Crippen LogP contribution in [0.2, 0.25) is 0 Å². The molecule has 1 aliphatic rings. The first kappa shape index (κ1) is 11.6. The van der Waals surface area contributed by atoms with Gasteiger partial charge in [0.2, 0.25) is 0 Å². The smallest absolute Gasteiger partial charge is 0.376 e. The van der Waals surface area contributed by atoms with E-state index in [1.807, 2.05) is 0 Å². The van der Waals surface area contributed by atoms with E-state index >= 15 is 0 Å². The molecule has 0 heterocycles. The van der Waals surface area contributed by atoms with E-state index in [4.69, 9.17) is 5.73 Å². The van der Waals surface area contributed by atoms with E-state index in [0.717, 1.165) is 0 Å². The first-order chi connectivity index (χ1) is 6.39. The molecule has 0 radical (unpaired) electrons. The maximum atomic E-state index is 12.4. The molecule has 0 spiro atoms. The predicted molar refractivity (Wildman–Crippen MR) is 51.7 cm³/mol. The van der Waals surface area contributed by atoms with Gasteiger partial charge >= 0.3 is 6.18 Å². The average molecular weight is 226 g/mol. The number of nitrogens with two attached hydrogens (primary N) is 1. The third-order valence-electron chi connectivity index (χ3n) is 2.48. The lowest BCUT2D eigenvalue weighted by Crippen LogP contribution is -2.43. The van der Waals surface area contributed by atoms with Crippen LogP contribution in [0.15, 0.2) is 0 Å². The molecule has 2 atom stereocenters. The summed E-state index contributed by atoms with van der Waals surface area (Å²) in [6.07, 6.45) is -2.50. The highest BCUT2D eigenvalue weighted by molar-refractivity contribution is 7.80. The summed E-state index contributed by atoms with van der Waals surface area (Å²) >= 11 is 4.59. The highest BCUT2D eigenvalue weighted by Gasteiger charge is 2.42. The summed E-state index contributed by atoms with van der Waals surface area (Å²) in [5, 5.41) is 2.77. The van der Waals surface area contributed by atoms with Gasteiger partial charge in [-0.05, 0) is 31.5 Å². The van der Waals surface area contributed by atoms with E-state index in [0.29, 0.717) is 12.8 Å². The normalized spacial score (nSPS) is 28.5. The number of hydrogen-bond acceptors (Lipinski definition) is 1. The van der Waals surface area contributed by atoms with Gasteiger partial charge in [0.05, 0.1) is 5.92 Å². The Morgan fingerprint density at radius 2 is 2.00 bits per heavy atom. The van der Waals surface area contributed by atoms with Crippen molar-refractivity contribution in [3.8, 4) is 0 Å². The molecule has 0 aromatic heterocycles. The molecule has 82 valence electrons. The fourth-order valence-corrected chi connectivity index (χ4v) is 1.99. The topological polar surface area (TPSA) is 38.0 Å². The van der Waals surface area contributed by atoms with Crippen LogP contribution < -0.4 is 11.1 Å². The molecule has 0 saturated heterocycles. The highest BCUT2D eigenvalue weighted by atomic mass is 32.1. The summed E-state index contributed by atoms with van der Waals surface area (Å²) < 4.78 is 37.1. The fourth-order valence-electron chi connectivity index (χ4n) is 1.82. The van der Waals surface area contributed by atoms with Gasteiger partial charge in [0.1, 0.15) is 0 Å². The molecule has 1 saturated carbocycles. The van der Waals surface area contributed by atoms with Crippen molar-refractivity contribution < 1.29 is 13.2 Å². The molecular weight excluding hydrogens is 213 g/mol. The summed E-state index contributed by atoms with van der Waals surface area (Å²) in [4.78, 5) is 0. The van der Waals surface area contributed by atoms with Crippen LogP contribution in [0.1, 0.15) is 25.7 Å². The maximum absolute atomic E-state index is 12.4. The minimum Gasteiger partial charge on any atom is -0.376 e. The summed E-state index contributed by atoms with van der Waals surface area (Å²) in [7, 11) is 0. The molecule has 2 nitrogen and oxygen atoms in total. The second-order valence-electron chi connectivity index (χ2n) is 3.61. The van der Waals surface area contributed by atoms with E-state index in [1.54, 1.807) is 0 Å². The Hall–Kier alpha value is -0.520. The quantitative estimate of drug-likeness (QED) is 0.671. The van der Waals surface area contributed by atoms with Crippen molar-refractivity contribution in [3.05, 3.63) is 0 Å². The maximum Gasteiger partial charge on any atom is 0.391 e. The van der Waals surface area contributed by atoms with Crippen LogP contribution in [0, 0.1) is 5.92 Å². The van der Waals surface area contributed by atoms with E-state index in [9.17, 15) is 13.2 Å². The molecule has 0 aromatic rings. The minimum absolute atomic E-state index is 0.0813. The van der Waals surface area contributed by atoms with Gasteiger partial charge < -0.3 is 11.1 Å². The number of hydrogen-bond donors (Lipinski definition) is 2. The van der Waals surface area contributed by atoms with E-state index in [-0.39, 0.29) is 24.0 Å². The Kier molecular flexibility index (Phi) is 3.58. The molecule has 1 aliphatic carbocycles. The van der Waals surface area contributed by atoms with E-state index < -0.39 is 12.1 Å². The van der Waals surface area contributed by atoms with Gasteiger partial charge in [0, 0.05) is 6.04 Å². The van der Waals surface area contributed by atoms with Gasteiger partial charge in [-0.1, -0.05) is 6.42 Å². The number of rotatable bonds is 1. The lowest BCUT2D eigenvalue weighted by Gasteiger charge is -2.31. The molecule has 0 bridgehead atoms. The number of thiocarbonyl (C=S) groups is 1. The molecule has 0 aliphatic heterocycles. The van der Waals surface area contributed by atoms with E-state index in [1.165, 1.54) is 0 Å². The minimum atomic E-state index is -4.09. The van der Waals surface area contributed by atoms with Crippen molar-refractivity contribution in [1.82, 2.24) is 5.32 Å². The second kappa shape index (κ2) is 4.33. The van der Waals surface area contributed by atoms with Crippen LogP contribution in [0.5, 0.6) is 0 Å². The molecule has 14 heavy (non-hydrogen) atoms. The van der Waals surface area contributed by atoms with Crippen LogP contribution in [0.25, 0.3) is 0 Å². The Morgan fingerprint density at radius 3 is 2.50 bits per heavy atom. The van der Waals surface area contributed by atoms with Gasteiger partial charge in [-0.2, -0.15) is 13.2 Å².